The molecule has 1 aromatic carbocycles. The summed E-state index contributed by atoms with van der Waals surface area (Å²) in [6.45, 7) is 2.46. The molecule has 2 aromatic rings. The highest BCUT2D eigenvalue weighted by Gasteiger charge is 2.04. The van der Waals surface area contributed by atoms with Crippen molar-refractivity contribution in [1.82, 2.24) is 4.57 Å². The van der Waals surface area contributed by atoms with Crippen LogP contribution in [-0.4, -0.2) is 4.57 Å². The molecule has 1 heterocycles. The fourth-order valence-corrected chi connectivity index (χ4v) is 2.40. The Morgan fingerprint density at radius 3 is 2.62 bits per heavy atom. The van der Waals surface area contributed by atoms with Gasteiger partial charge in [-0.2, -0.15) is 0 Å². The van der Waals surface area contributed by atoms with Gasteiger partial charge < -0.3 is 4.57 Å². The Balaban J connectivity index is 2.02. The molecule has 2 nitrogen and oxygen atoms in total. The number of nitrogens with zero attached hydrogens (tertiary/aromatic N) is 1. The molecule has 0 radical (unpaired) electrons. The topological polar surface area (TPSA) is 22.0 Å². The van der Waals surface area contributed by atoms with Crippen LogP contribution in [0.1, 0.15) is 43.7 Å². The van der Waals surface area contributed by atoms with E-state index in [1.807, 2.05) is 6.07 Å². The largest absolute Gasteiger partial charge is 0.311 e. The van der Waals surface area contributed by atoms with E-state index in [0.29, 0.717) is 5.56 Å². The van der Waals surface area contributed by atoms with Crippen LogP contribution in [0, 0.1) is 5.82 Å². The van der Waals surface area contributed by atoms with Crippen molar-refractivity contribution in [2.75, 3.05) is 0 Å². The summed E-state index contributed by atoms with van der Waals surface area (Å²) in [5.74, 6) is -0.270. The van der Waals surface area contributed by atoms with Gasteiger partial charge in [0.05, 0.1) is 6.54 Å². The summed E-state index contributed by atoms with van der Waals surface area (Å²) < 4.78 is 15.2. The minimum absolute atomic E-state index is 0.0637. The molecule has 0 aliphatic rings. The molecule has 1 aromatic heterocycles. The molecule has 0 unspecified atom stereocenters. The quantitative estimate of drug-likeness (QED) is 0.701. The van der Waals surface area contributed by atoms with Crippen LogP contribution in [-0.2, 0) is 13.0 Å². The van der Waals surface area contributed by atoms with Crippen molar-refractivity contribution in [3.05, 3.63) is 69.9 Å². The zero-order chi connectivity index (χ0) is 15.1. The van der Waals surface area contributed by atoms with E-state index in [9.17, 15) is 9.18 Å². The highest BCUT2D eigenvalue weighted by Crippen LogP contribution is 2.09. The third-order valence-corrected chi connectivity index (χ3v) is 3.68. The van der Waals surface area contributed by atoms with E-state index in [1.165, 1.54) is 25.3 Å². The maximum absolute atomic E-state index is 13.6. The molecule has 0 bridgehead atoms. The Bertz CT molecular complexity index is 633. The first kappa shape index (κ1) is 15.5. The highest BCUT2D eigenvalue weighted by molar-refractivity contribution is 5.19. The lowest BCUT2D eigenvalue weighted by Crippen LogP contribution is -2.20. The summed E-state index contributed by atoms with van der Waals surface area (Å²) in [4.78, 5) is 12.1. The normalized spacial score (nSPS) is 10.8. The maximum atomic E-state index is 13.6. The minimum Gasteiger partial charge on any atom is -0.311 e. The lowest BCUT2D eigenvalue weighted by molar-refractivity contribution is 0.595. The van der Waals surface area contributed by atoms with Gasteiger partial charge >= 0.3 is 0 Å². The van der Waals surface area contributed by atoms with Gasteiger partial charge in [-0.3, -0.25) is 4.79 Å². The summed E-state index contributed by atoms with van der Waals surface area (Å²) in [5, 5.41) is 0. The Morgan fingerprint density at radius 2 is 1.90 bits per heavy atom. The molecule has 21 heavy (non-hydrogen) atoms. The van der Waals surface area contributed by atoms with Crippen LogP contribution in [0.15, 0.2) is 47.4 Å². The van der Waals surface area contributed by atoms with E-state index in [0.717, 1.165) is 18.4 Å². The molecule has 0 fully saturated rings. The molecule has 0 spiro atoms. The molecule has 3 heteroatoms. The maximum Gasteiger partial charge on any atom is 0.251 e. The van der Waals surface area contributed by atoms with Gasteiger partial charge in [0.1, 0.15) is 5.82 Å². The van der Waals surface area contributed by atoms with Crippen LogP contribution in [0.3, 0.4) is 0 Å². The molecule has 112 valence electrons. The van der Waals surface area contributed by atoms with Crippen molar-refractivity contribution in [2.45, 2.75) is 45.6 Å². The van der Waals surface area contributed by atoms with E-state index in [1.54, 1.807) is 35.0 Å². The van der Waals surface area contributed by atoms with Crippen molar-refractivity contribution in [3.63, 3.8) is 0 Å². The molecular weight excluding hydrogens is 265 g/mol. The average Bonchev–Trinajstić information content (AvgIpc) is 2.48. The van der Waals surface area contributed by atoms with E-state index in [-0.39, 0.29) is 17.9 Å². The number of aryl methyl sites for hydroxylation is 1. The zero-order valence-electron chi connectivity index (χ0n) is 12.5. The predicted molar refractivity (Wildman–Crippen MR) is 84.1 cm³/mol. The van der Waals surface area contributed by atoms with Crippen LogP contribution < -0.4 is 5.56 Å². The fraction of sp³-hybridized carbons (Fsp3) is 0.389. The first-order chi connectivity index (χ1) is 10.2. The first-order valence-corrected chi connectivity index (χ1v) is 7.63. The van der Waals surface area contributed by atoms with Crippen LogP contribution in [0.2, 0.25) is 0 Å². The van der Waals surface area contributed by atoms with Gasteiger partial charge in [0, 0.05) is 17.8 Å². The Kier molecular flexibility index (Phi) is 5.73. The second-order valence-electron chi connectivity index (χ2n) is 5.40. The summed E-state index contributed by atoms with van der Waals surface area (Å²) in [6, 6.07) is 10.2. The van der Waals surface area contributed by atoms with E-state index >= 15 is 0 Å². The first-order valence-electron chi connectivity index (χ1n) is 7.63. The summed E-state index contributed by atoms with van der Waals surface area (Å²) in [5.41, 5.74) is 1.54. The second-order valence-corrected chi connectivity index (χ2v) is 5.40. The van der Waals surface area contributed by atoms with Gasteiger partial charge in [0.25, 0.3) is 5.56 Å². The molecule has 0 atom stereocenters. The lowest BCUT2D eigenvalue weighted by atomic mass is 10.1. The highest BCUT2D eigenvalue weighted by atomic mass is 19.1. The Morgan fingerprint density at radius 1 is 1.10 bits per heavy atom. The number of unbranched alkanes of at least 4 members (excludes halogenated alkanes) is 3. The standard InChI is InChI=1S/C18H22FNO/c1-2-3-4-5-8-15-11-12-20(18(21)13-15)14-16-9-6-7-10-17(16)19/h6-7,9-13H,2-5,8,14H2,1H3. The zero-order valence-corrected chi connectivity index (χ0v) is 12.5. The number of hydrogen-bond donors (Lipinski definition) is 0. The third kappa shape index (κ3) is 4.55. The van der Waals surface area contributed by atoms with Gasteiger partial charge in [-0.15, -0.1) is 0 Å². The molecule has 0 saturated carbocycles. The minimum atomic E-state index is -0.270. The van der Waals surface area contributed by atoms with Crippen molar-refractivity contribution < 1.29 is 4.39 Å². The second kappa shape index (κ2) is 7.77. The van der Waals surface area contributed by atoms with Crippen molar-refractivity contribution in [3.8, 4) is 0 Å². The van der Waals surface area contributed by atoms with Crippen molar-refractivity contribution in [1.29, 1.82) is 0 Å². The summed E-state index contributed by atoms with van der Waals surface area (Å²) in [6.07, 6.45) is 7.48. The third-order valence-electron chi connectivity index (χ3n) is 3.68. The van der Waals surface area contributed by atoms with Crippen LogP contribution in [0.25, 0.3) is 0 Å². The van der Waals surface area contributed by atoms with Gasteiger partial charge in [-0.05, 0) is 30.5 Å². The average molecular weight is 287 g/mol. The molecule has 0 saturated heterocycles. The molecule has 2 rings (SSSR count). The predicted octanol–water partition coefficient (Wildman–Crippen LogP) is 4.16. The molecule has 0 N–H and O–H groups in total. The summed E-state index contributed by atoms with van der Waals surface area (Å²) in [7, 11) is 0. The number of rotatable bonds is 7. The lowest BCUT2D eigenvalue weighted by Gasteiger charge is -2.08. The van der Waals surface area contributed by atoms with Gasteiger partial charge in [0.15, 0.2) is 0 Å². The SMILES string of the molecule is CCCCCCc1ccn(Cc2ccccc2F)c(=O)c1. The number of halogens is 1. The molecule has 0 aliphatic carbocycles. The number of aromatic nitrogens is 1. The molecular formula is C18H22FNO. The van der Waals surface area contributed by atoms with Crippen LogP contribution in [0.5, 0.6) is 0 Å². The van der Waals surface area contributed by atoms with Crippen molar-refractivity contribution in [2.24, 2.45) is 0 Å². The number of pyridine rings is 1. The van der Waals surface area contributed by atoms with Gasteiger partial charge in [0.2, 0.25) is 0 Å². The van der Waals surface area contributed by atoms with E-state index in [4.69, 9.17) is 0 Å². The molecule has 0 amide bonds. The fourth-order valence-electron chi connectivity index (χ4n) is 2.40. The van der Waals surface area contributed by atoms with E-state index in [2.05, 4.69) is 6.92 Å². The monoisotopic (exact) mass is 287 g/mol. The molecule has 0 aliphatic heterocycles. The van der Waals surface area contributed by atoms with Gasteiger partial charge in [-0.25, -0.2) is 4.39 Å². The smallest absolute Gasteiger partial charge is 0.251 e. The van der Waals surface area contributed by atoms with Crippen molar-refractivity contribution >= 4 is 0 Å². The van der Waals surface area contributed by atoms with Crippen LogP contribution in [0.4, 0.5) is 4.39 Å². The summed E-state index contributed by atoms with van der Waals surface area (Å²) >= 11 is 0. The van der Waals surface area contributed by atoms with E-state index < -0.39 is 0 Å². The van der Waals surface area contributed by atoms with Crippen LogP contribution >= 0.6 is 0 Å². The Labute approximate surface area is 125 Å². The number of benzene rings is 1. The van der Waals surface area contributed by atoms with Gasteiger partial charge in [-0.1, -0.05) is 44.4 Å². The Hall–Kier alpha value is -1.90. The number of hydrogen-bond acceptors (Lipinski definition) is 1.